The number of hydrogen-bond acceptors (Lipinski definition) is 6. The van der Waals surface area contributed by atoms with Gasteiger partial charge in [0.05, 0.1) is 18.9 Å². The highest BCUT2D eigenvalue weighted by molar-refractivity contribution is 6.01. The maximum Gasteiger partial charge on any atom is 0.419 e. The van der Waals surface area contributed by atoms with Crippen molar-refractivity contribution >= 4 is 22.8 Å². The van der Waals surface area contributed by atoms with E-state index in [1.54, 1.807) is 18.2 Å². The van der Waals surface area contributed by atoms with E-state index >= 15 is 0 Å². The molecule has 0 radical (unpaired) electrons. The fraction of sp³-hybridized carbons (Fsp3) is 0.409. The minimum Gasteiger partial charge on any atom is -0.378 e. The summed E-state index contributed by atoms with van der Waals surface area (Å²) in [7, 11) is 0. The molecule has 1 amide bonds. The van der Waals surface area contributed by atoms with Gasteiger partial charge in [-0.3, -0.25) is 9.69 Å². The van der Waals surface area contributed by atoms with Crippen LogP contribution < -0.4 is 10.6 Å². The van der Waals surface area contributed by atoms with Gasteiger partial charge >= 0.3 is 6.18 Å². The standard InChI is InChI=1S/C22H23F3N6O2/c23-22(24,25)17-11-28-21-29-14-3-5-31(12-14)6-8-33-7-4-26-20(32)13-1-2-15-16(19(17)30-21)10-27-18(15)9-13/h1-2,9-11,14,27H,3-8,12H2,(H,26,32)(H,28,29,30)/t14-/m1/s1. The summed E-state index contributed by atoms with van der Waals surface area (Å²) >= 11 is 0. The summed E-state index contributed by atoms with van der Waals surface area (Å²) in [6.07, 6.45) is -1.48. The lowest BCUT2D eigenvalue weighted by atomic mass is 10.0. The number of H-pyrrole nitrogens is 1. The smallest absolute Gasteiger partial charge is 0.378 e. The van der Waals surface area contributed by atoms with Crippen LogP contribution in [0, 0.1) is 0 Å². The van der Waals surface area contributed by atoms with E-state index in [-0.39, 0.29) is 23.6 Å². The SMILES string of the molecule is O=C1NCCOCCN2CC[C@H](C2)Nc2ncc(C(F)(F)F)c(n2)-c2c[nH]c3cc1ccc23. The monoisotopic (exact) mass is 460 g/mol. The molecule has 1 fully saturated rings. The van der Waals surface area contributed by atoms with Gasteiger partial charge < -0.3 is 20.4 Å². The molecule has 3 N–H and O–H groups in total. The first-order chi connectivity index (χ1) is 15.9. The highest BCUT2D eigenvalue weighted by Crippen LogP contribution is 2.38. The molecule has 0 saturated carbocycles. The molecule has 2 atom stereocenters. The number of amides is 1. The number of benzene rings is 1. The molecule has 2 aromatic heterocycles. The number of carbonyl (C=O) groups is 1. The van der Waals surface area contributed by atoms with Crippen molar-refractivity contribution in [3.05, 3.63) is 41.7 Å². The number of anilines is 1. The summed E-state index contributed by atoms with van der Waals surface area (Å²) in [6.45, 7) is 3.59. The third-order valence-electron chi connectivity index (χ3n) is 5.98. The van der Waals surface area contributed by atoms with Gasteiger partial charge in [-0.15, -0.1) is 0 Å². The van der Waals surface area contributed by atoms with Gasteiger partial charge in [-0.1, -0.05) is 6.07 Å². The van der Waals surface area contributed by atoms with Crippen LogP contribution in [0.4, 0.5) is 19.1 Å². The molecule has 1 saturated heterocycles. The Labute approximate surface area is 187 Å². The third-order valence-corrected chi connectivity index (χ3v) is 5.98. The lowest BCUT2D eigenvalue weighted by Gasteiger charge is -2.18. The average Bonchev–Trinajstić information content (AvgIpc) is 3.40. The van der Waals surface area contributed by atoms with E-state index in [1.807, 2.05) is 0 Å². The van der Waals surface area contributed by atoms with Crippen LogP contribution in [0.2, 0.25) is 0 Å². The Balaban J connectivity index is 1.58. The van der Waals surface area contributed by atoms with Crippen molar-refractivity contribution in [3.63, 3.8) is 0 Å². The number of rotatable bonds is 0. The zero-order valence-electron chi connectivity index (χ0n) is 17.7. The van der Waals surface area contributed by atoms with Crippen LogP contribution in [-0.2, 0) is 10.9 Å². The topological polar surface area (TPSA) is 95.2 Å². The number of hydrogen-bond donors (Lipinski definition) is 3. The molecule has 3 aliphatic heterocycles. The Morgan fingerprint density at radius 3 is 2.91 bits per heavy atom. The van der Waals surface area contributed by atoms with Gasteiger partial charge in [-0.05, 0) is 18.6 Å². The van der Waals surface area contributed by atoms with Crippen molar-refractivity contribution in [2.45, 2.75) is 18.6 Å². The minimum absolute atomic E-state index is 0.0292. The maximum atomic E-state index is 13.8. The van der Waals surface area contributed by atoms with E-state index in [0.717, 1.165) is 32.3 Å². The second kappa shape index (κ2) is 8.64. The Morgan fingerprint density at radius 1 is 1.18 bits per heavy atom. The van der Waals surface area contributed by atoms with Crippen LogP contribution in [0.25, 0.3) is 22.2 Å². The Hall–Kier alpha value is -3.18. The molecular weight excluding hydrogens is 437 g/mol. The molecule has 174 valence electrons. The van der Waals surface area contributed by atoms with Gasteiger partial charge in [0.25, 0.3) is 5.91 Å². The number of nitrogens with one attached hydrogen (secondary N) is 3. The van der Waals surface area contributed by atoms with Crippen LogP contribution in [0.1, 0.15) is 22.3 Å². The molecule has 1 unspecified atom stereocenters. The molecule has 33 heavy (non-hydrogen) atoms. The molecule has 8 bridgehead atoms. The Bertz CT molecular complexity index is 1180. The van der Waals surface area contributed by atoms with E-state index in [0.29, 0.717) is 41.8 Å². The lowest BCUT2D eigenvalue weighted by Crippen LogP contribution is -2.31. The van der Waals surface area contributed by atoms with Crippen molar-refractivity contribution in [2.75, 3.05) is 44.7 Å². The third kappa shape index (κ3) is 4.51. The highest BCUT2D eigenvalue weighted by Gasteiger charge is 2.36. The number of aromatic amines is 1. The molecule has 1 aromatic carbocycles. The first-order valence-corrected chi connectivity index (χ1v) is 10.8. The summed E-state index contributed by atoms with van der Waals surface area (Å²) in [5, 5.41) is 6.53. The molecule has 5 heterocycles. The lowest BCUT2D eigenvalue weighted by molar-refractivity contribution is -0.137. The van der Waals surface area contributed by atoms with Crippen molar-refractivity contribution in [1.29, 1.82) is 0 Å². The van der Waals surface area contributed by atoms with Crippen LogP contribution in [0.5, 0.6) is 0 Å². The van der Waals surface area contributed by atoms with Crippen LogP contribution in [-0.4, -0.2) is 71.2 Å². The average molecular weight is 460 g/mol. The Kier molecular flexibility index (Phi) is 5.67. The predicted octanol–water partition coefficient (Wildman–Crippen LogP) is 2.89. The van der Waals surface area contributed by atoms with E-state index in [4.69, 9.17) is 4.74 Å². The minimum atomic E-state index is -4.61. The molecule has 0 spiro atoms. The molecule has 8 nitrogen and oxygen atoms in total. The largest absolute Gasteiger partial charge is 0.419 e. The van der Waals surface area contributed by atoms with Crippen LogP contribution >= 0.6 is 0 Å². The number of aromatic nitrogens is 3. The van der Waals surface area contributed by atoms with Crippen molar-refractivity contribution in [2.24, 2.45) is 0 Å². The van der Waals surface area contributed by atoms with E-state index < -0.39 is 11.7 Å². The quantitative estimate of drug-likeness (QED) is 0.478. The fourth-order valence-electron chi connectivity index (χ4n) is 4.30. The first-order valence-electron chi connectivity index (χ1n) is 10.8. The zero-order valence-corrected chi connectivity index (χ0v) is 17.7. The molecule has 11 heteroatoms. The molecule has 3 aliphatic rings. The number of halogens is 3. The summed E-state index contributed by atoms with van der Waals surface area (Å²) in [5.74, 6) is -0.120. The molecule has 6 rings (SSSR count). The predicted molar refractivity (Wildman–Crippen MR) is 116 cm³/mol. The van der Waals surface area contributed by atoms with Crippen molar-refractivity contribution in [3.8, 4) is 11.3 Å². The van der Waals surface area contributed by atoms with Crippen molar-refractivity contribution in [1.82, 2.24) is 25.2 Å². The number of ether oxygens (including phenoxy) is 1. The van der Waals surface area contributed by atoms with Gasteiger partial charge in [0.1, 0.15) is 5.56 Å². The van der Waals surface area contributed by atoms with Gasteiger partial charge in [0, 0.05) is 66.6 Å². The number of carbonyl (C=O) groups excluding carboxylic acids is 1. The molecule has 0 aliphatic carbocycles. The number of fused-ring (bicyclic) bond motifs is 7. The fourth-order valence-corrected chi connectivity index (χ4v) is 4.30. The second-order valence-electron chi connectivity index (χ2n) is 8.22. The Morgan fingerprint density at radius 2 is 2.06 bits per heavy atom. The van der Waals surface area contributed by atoms with Crippen LogP contribution in [0.15, 0.2) is 30.6 Å². The maximum absolute atomic E-state index is 13.8. The number of nitrogens with zero attached hydrogens (tertiary/aromatic N) is 3. The summed E-state index contributed by atoms with van der Waals surface area (Å²) in [4.78, 5) is 25.9. The van der Waals surface area contributed by atoms with Crippen molar-refractivity contribution < 1.29 is 22.7 Å². The molecular formula is C22H23F3N6O2. The van der Waals surface area contributed by atoms with E-state index in [2.05, 4.69) is 30.5 Å². The first kappa shape index (κ1) is 21.7. The van der Waals surface area contributed by atoms with Gasteiger partial charge in [-0.25, -0.2) is 9.97 Å². The summed E-state index contributed by atoms with van der Waals surface area (Å²) in [6, 6.07) is 4.86. The van der Waals surface area contributed by atoms with Gasteiger partial charge in [0.15, 0.2) is 0 Å². The highest BCUT2D eigenvalue weighted by atomic mass is 19.4. The summed E-state index contributed by atoms with van der Waals surface area (Å²) < 4.78 is 47.0. The normalized spacial score (nSPS) is 22.0. The van der Waals surface area contributed by atoms with E-state index in [1.165, 1.54) is 6.20 Å². The summed E-state index contributed by atoms with van der Waals surface area (Å²) in [5.41, 5.74) is 0.128. The van der Waals surface area contributed by atoms with Gasteiger partial charge in [-0.2, -0.15) is 13.2 Å². The zero-order chi connectivity index (χ0) is 23.0. The number of alkyl halides is 3. The van der Waals surface area contributed by atoms with E-state index in [9.17, 15) is 18.0 Å². The molecule has 3 aromatic rings. The second-order valence-corrected chi connectivity index (χ2v) is 8.22. The van der Waals surface area contributed by atoms with Gasteiger partial charge in [0.2, 0.25) is 5.95 Å². The van der Waals surface area contributed by atoms with Crippen LogP contribution in [0.3, 0.4) is 0 Å².